The van der Waals surface area contributed by atoms with Crippen molar-refractivity contribution < 1.29 is 9.21 Å². The van der Waals surface area contributed by atoms with Crippen molar-refractivity contribution in [3.8, 4) is 0 Å². The number of furan rings is 1. The van der Waals surface area contributed by atoms with E-state index < -0.39 is 17.2 Å². The second kappa shape index (κ2) is 10.5. The number of fused-ring (bicyclic) bond motifs is 1. The number of amides is 1. The Labute approximate surface area is 202 Å². The van der Waals surface area contributed by atoms with E-state index >= 15 is 0 Å². The van der Waals surface area contributed by atoms with Gasteiger partial charge in [-0.15, -0.1) is 0 Å². The minimum Gasteiger partial charge on any atom is -0.451 e. The molecule has 1 aliphatic carbocycles. The fourth-order valence-corrected chi connectivity index (χ4v) is 5.90. The molecule has 2 heterocycles. The lowest BCUT2D eigenvalue weighted by molar-refractivity contribution is 0.0967. The number of nitrogens with one attached hydrogen (secondary N) is 1. The fraction of sp³-hybridized carbons (Fsp3) is 0.480. The number of H-pyrrole nitrogens is 1. The minimum atomic E-state index is -0.694. The average molecular weight is 485 g/mol. The monoisotopic (exact) mass is 484 g/mol. The van der Waals surface area contributed by atoms with Crippen molar-refractivity contribution in [2.24, 2.45) is 0 Å². The number of benzene rings is 1. The molecule has 9 heteroatoms. The third kappa shape index (κ3) is 4.80. The van der Waals surface area contributed by atoms with Gasteiger partial charge in [-0.25, -0.2) is 4.79 Å². The Kier molecular flexibility index (Phi) is 7.50. The molecule has 3 aromatic rings. The quantitative estimate of drug-likeness (QED) is 0.486. The maximum Gasteiger partial charge on any atom is 0.330 e. The highest BCUT2D eigenvalue weighted by Crippen LogP contribution is 2.35. The van der Waals surface area contributed by atoms with Crippen LogP contribution < -0.4 is 21.9 Å². The largest absolute Gasteiger partial charge is 0.451 e. The number of rotatable bonds is 8. The summed E-state index contributed by atoms with van der Waals surface area (Å²) in [5.41, 5.74) is 6.37. The first kappa shape index (κ1) is 24.2. The number of aromatic nitrogens is 2. The lowest BCUT2D eigenvalue weighted by Crippen LogP contribution is -2.39. The average Bonchev–Trinajstić information content (AvgIpc) is 3.21. The van der Waals surface area contributed by atoms with Gasteiger partial charge in [-0.3, -0.25) is 19.1 Å². The Balaban J connectivity index is 1.70. The summed E-state index contributed by atoms with van der Waals surface area (Å²) in [6.45, 7) is 2.36. The second-order valence-electron chi connectivity index (χ2n) is 8.84. The predicted molar refractivity (Wildman–Crippen MR) is 138 cm³/mol. The normalized spacial score (nSPS) is 14.5. The molecule has 182 valence electrons. The zero-order valence-electron chi connectivity index (χ0n) is 19.8. The van der Waals surface area contributed by atoms with Crippen LogP contribution in [-0.4, -0.2) is 27.8 Å². The highest BCUT2D eigenvalue weighted by Gasteiger charge is 2.28. The Morgan fingerprint density at radius 1 is 1.24 bits per heavy atom. The van der Waals surface area contributed by atoms with Crippen LogP contribution in [0.1, 0.15) is 68.0 Å². The van der Waals surface area contributed by atoms with Gasteiger partial charge < -0.3 is 15.1 Å². The SMILES string of the molecule is CCCCn1c(N)c(N(C)C(=O)c2oc3ccccc3c2CSC2CCCCC2)c(=O)[nH]c1=O. The van der Waals surface area contributed by atoms with E-state index in [1.807, 2.05) is 43.0 Å². The molecule has 0 aliphatic heterocycles. The highest BCUT2D eigenvalue weighted by molar-refractivity contribution is 7.99. The van der Waals surface area contributed by atoms with Crippen LogP contribution in [0.5, 0.6) is 0 Å². The maximum absolute atomic E-state index is 13.6. The van der Waals surface area contributed by atoms with Crippen molar-refractivity contribution in [3.05, 3.63) is 56.4 Å². The van der Waals surface area contributed by atoms with E-state index in [4.69, 9.17) is 10.2 Å². The summed E-state index contributed by atoms with van der Waals surface area (Å²) in [4.78, 5) is 42.1. The van der Waals surface area contributed by atoms with Gasteiger partial charge in [0.25, 0.3) is 11.5 Å². The summed E-state index contributed by atoms with van der Waals surface area (Å²) in [7, 11) is 1.49. The summed E-state index contributed by atoms with van der Waals surface area (Å²) in [5, 5.41) is 1.47. The van der Waals surface area contributed by atoms with Crippen molar-refractivity contribution in [1.29, 1.82) is 0 Å². The Hall–Kier alpha value is -2.94. The van der Waals surface area contributed by atoms with Gasteiger partial charge in [0.2, 0.25) is 0 Å². The molecule has 0 unspecified atom stereocenters. The number of nitrogens with two attached hydrogens (primary N) is 1. The molecule has 0 radical (unpaired) electrons. The first-order valence-corrected chi connectivity index (χ1v) is 13.0. The topological polar surface area (TPSA) is 114 Å². The zero-order chi connectivity index (χ0) is 24.2. The number of para-hydroxylation sites is 1. The van der Waals surface area contributed by atoms with Crippen LogP contribution in [0.15, 0.2) is 38.3 Å². The van der Waals surface area contributed by atoms with Crippen LogP contribution in [-0.2, 0) is 12.3 Å². The van der Waals surface area contributed by atoms with E-state index in [1.165, 1.54) is 48.6 Å². The number of hydrogen-bond acceptors (Lipinski definition) is 6. The van der Waals surface area contributed by atoms with Gasteiger partial charge in [-0.1, -0.05) is 50.8 Å². The van der Waals surface area contributed by atoms with E-state index in [1.54, 1.807) is 0 Å². The Bertz CT molecular complexity index is 1290. The van der Waals surface area contributed by atoms with Crippen LogP contribution >= 0.6 is 11.8 Å². The molecule has 0 bridgehead atoms. The first-order valence-electron chi connectivity index (χ1n) is 11.9. The molecule has 1 aliphatic rings. The van der Waals surface area contributed by atoms with Crippen molar-refractivity contribution in [1.82, 2.24) is 9.55 Å². The third-order valence-electron chi connectivity index (χ3n) is 6.50. The van der Waals surface area contributed by atoms with Gasteiger partial charge >= 0.3 is 5.69 Å². The number of thioether (sulfide) groups is 1. The molecule has 2 aromatic heterocycles. The standard InChI is InChI=1S/C25H32N4O4S/c1-3-4-14-29-22(26)20(23(30)27-25(29)32)28(2)24(31)21-18(15-34-16-10-6-5-7-11-16)17-12-8-9-13-19(17)33-21/h8-9,12-13,16H,3-7,10-11,14-15,26H2,1-2H3,(H,27,30,32). The molecule has 1 fully saturated rings. The molecule has 1 saturated carbocycles. The van der Waals surface area contributed by atoms with Crippen LogP contribution in [0.25, 0.3) is 11.0 Å². The second-order valence-corrected chi connectivity index (χ2v) is 10.1. The van der Waals surface area contributed by atoms with Gasteiger partial charge in [0.15, 0.2) is 11.4 Å². The Morgan fingerprint density at radius 2 is 1.97 bits per heavy atom. The number of anilines is 2. The summed E-state index contributed by atoms with van der Waals surface area (Å²) in [6.07, 6.45) is 7.73. The number of carbonyl (C=O) groups excluding carboxylic acids is 1. The van der Waals surface area contributed by atoms with Crippen molar-refractivity contribution in [2.45, 2.75) is 69.4 Å². The van der Waals surface area contributed by atoms with Crippen molar-refractivity contribution >= 4 is 40.1 Å². The van der Waals surface area contributed by atoms with Crippen molar-refractivity contribution in [2.75, 3.05) is 17.7 Å². The van der Waals surface area contributed by atoms with Crippen LogP contribution in [0, 0.1) is 0 Å². The highest BCUT2D eigenvalue weighted by atomic mass is 32.2. The number of unbranched alkanes of at least 4 members (excludes halogenated alkanes) is 1. The number of nitrogen functional groups attached to an aromatic ring is 1. The molecule has 8 nitrogen and oxygen atoms in total. The van der Waals surface area contributed by atoms with Gasteiger partial charge in [-0.05, 0) is 25.3 Å². The fourth-order valence-electron chi connectivity index (χ4n) is 4.54. The molecule has 1 amide bonds. The van der Waals surface area contributed by atoms with E-state index in [0.717, 1.165) is 23.8 Å². The van der Waals surface area contributed by atoms with Gasteiger partial charge in [-0.2, -0.15) is 11.8 Å². The number of hydrogen-bond donors (Lipinski definition) is 2. The van der Waals surface area contributed by atoms with Gasteiger partial charge in [0, 0.05) is 35.5 Å². The van der Waals surface area contributed by atoms with Gasteiger partial charge in [0.1, 0.15) is 11.4 Å². The van der Waals surface area contributed by atoms with Crippen LogP contribution in [0.3, 0.4) is 0 Å². The maximum atomic E-state index is 13.6. The molecule has 0 atom stereocenters. The molecule has 34 heavy (non-hydrogen) atoms. The lowest BCUT2D eigenvalue weighted by atomic mass is 10.0. The van der Waals surface area contributed by atoms with Crippen LogP contribution in [0.4, 0.5) is 11.5 Å². The molecule has 3 N–H and O–H groups in total. The summed E-state index contributed by atoms with van der Waals surface area (Å²) >= 11 is 1.86. The molecule has 0 saturated heterocycles. The first-order chi connectivity index (χ1) is 16.4. The summed E-state index contributed by atoms with van der Waals surface area (Å²) < 4.78 is 7.32. The van der Waals surface area contributed by atoms with Crippen LogP contribution in [0.2, 0.25) is 0 Å². The molecular weight excluding hydrogens is 452 g/mol. The molecular formula is C25H32N4O4S. The van der Waals surface area contributed by atoms with E-state index in [2.05, 4.69) is 4.98 Å². The number of carbonyl (C=O) groups is 1. The summed E-state index contributed by atoms with van der Waals surface area (Å²) in [5.74, 6) is 0.371. The number of nitrogens with zero attached hydrogens (tertiary/aromatic N) is 2. The van der Waals surface area contributed by atoms with E-state index in [9.17, 15) is 14.4 Å². The Morgan fingerprint density at radius 3 is 2.71 bits per heavy atom. The number of aromatic amines is 1. The lowest BCUT2D eigenvalue weighted by Gasteiger charge is -2.22. The van der Waals surface area contributed by atoms with Gasteiger partial charge in [0.05, 0.1) is 0 Å². The molecule has 4 rings (SSSR count). The van der Waals surface area contributed by atoms with E-state index in [0.29, 0.717) is 23.1 Å². The van der Waals surface area contributed by atoms with Crippen molar-refractivity contribution in [3.63, 3.8) is 0 Å². The predicted octanol–water partition coefficient (Wildman–Crippen LogP) is 4.51. The van der Waals surface area contributed by atoms with E-state index in [-0.39, 0.29) is 17.3 Å². The third-order valence-corrected chi connectivity index (χ3v) is 7.90. The smallest absolute Gasteiger partial charge is 0.330 e. The molecule has 0 spiro atoms. The minimum absolute atomic E-state index is 0.0210. The molecule has 1 aromatic carbocycles. The zero-order valence-corrected chi connectivity index (χ0v) is 20.6. The summed E-state index contributed by atoms with van der Waals surface area (Å²) in [6, 6.07) is 7.59.